The number of nitrogens with zero attached hydrogens (tertiary/aromatic N) is 2. The van der Waals surface area contributed by atoms with E-state index in [9.17, 15) is 0 Å². The normalized spacial score (nSPS) is 8.36. The van der Waals surface area contributed by atoms with E-state index in [1.165, 1.54) is 0 Å². The number of halogens is 2. The first-order valence-corrected chi connectivity index (χ1v) is 2.64. The van der Waals surface area contributed by atoms with E-state index in [1.54, 1.807) is 0 Å². The monoisotopic (exact) mass is 160 g/mol. The maximum absolute atomic E-state index is 4.76. The lowest BCUT2D eigenvalue weighted by Crippen LogP contribution is -1.63. The molecule has 2 aromatic rings. The Kier molecular flexibility index (Phi) is 3.10. The highest BCUT2D eigenvalue weighted by Crippen LogP contribution is 2.06. The van der Waals surface area contributed by atoms with E-state index in [0.29, 0.717) is 0 Å². The lowest BCUT2D eigenvalue weighted by molar-refractivity contribution is 0.424. The van der Waals surface area contributed by atoms with E-state index in [0.717, 1.165) is 11.1 Å². The number of hydrogen-bond donors (Lipinski definition) is 0. The summed E-state index contributed by atoms with van der Waals surface area (Å²) in [5.41, 5.74) is 1.54. The second-order valence-electron chi connectivity index (χ2n) is 1.74. The SMILES string of the molecule is F.F.c1ccc2onnc2c1. The van der Waals surface area contributed by atoms with Crippen molar-refractivity contribution in [1.29, 1.82) is 0 Å². The number of hydrogen-bond acceptors (Lipinski definition) is 3. The van der Waals surface area contributed by atoms with Crippen molar-refractivity contribution < 1.29 is 13.9 Å². The molecule has 11 heavy (non-hydrogen) atoms. The molecule has 3 nitrogen and oxygen atoms in total. The van der Waals surface area contributed by atoms with Crippen LogP contribution < -0.4 is 0 Å². The molecule has 0 unspecified atom stereocenters. The molecule has 60 valence electrons. The Bertz CT molecular complexity index is 293. The fourth-order valence-electron chi connectivity index (χ4n) is 0.725. The highest BCUT2D eigenvalue weighted by molar-refractivity contribution is 5.70. The Hall–Kier alpha value is -1.52. The predicted octanol–water partition coefficient (Wildman–Crippen LogP) is 1.53. The molecule has 0 fully saturated rings. The van der Waals surface area contributed by atoms with E-state index in [-0.39, 0.29) is 9.41 Å². The highest BCUT2D eigenvalue weighted by Gasteiger charge is 1.93. The summed E-state index contributed by atoms with van der Waals surface area (Å²) in [4.78, 5) is 0. The molecule has 0 spiro atoms. The van der Waals surface area contributed by atoms with Crippen molar-refractivity contribution in [2.24, 2.45) is 0 Å². The average Bonchev–Trinajstić information content (AvgIpc) is 2.33. The third-order valence-electron chi connectivity index (χ3n) is 1.15. The van der Waals surface area contributed by atoms with Crippen molar-refractivity contribution >= 4 is 11.1 Å². The van der Waals surface area contributed by atoms with Gasteiger partial charge >= 0.3 is 0 Å². The lowest BCUT2D eigenvalue weighted by atomic mass is 10.3. The Morgan fingerprint density at radius 3 is 2.55 bits per heavy atom. The van der Waals surface area contributed by atoms with Crippen LogP contribution in [0, 0.1) is 0 Å². The molecule has 1 heterocycles. The van der Waals surface area contributed by atoms with Gasteiger partial charge < -0.3 is 4.52 Å². The topological polar surface area (TPSA) is 38.9 Å². The Labute approximate surface area is 60.7 Å². The largest absolute Gasteiger partial charge is 0.337 e. The number of aromatic nitrogens is 2. The third kappa shape index (κ3) is 1.49. The van der Waals surface area contributed by atoms with Gasteiger partial charge in [-0.1, -0.05) is 12.1 Å². The van der Waals surface area contributed by atoms with Gasteiger partial charge in [0.25, 0.3) is 0 Å². The first kappa shape index (κ1) is 9.48. The summed E-state index contributed by atoms with van der Waals surface area (Å²) in [5.74, 6) is 0. The lowest BCUT2D eigenvalue weighted by Gasteiger charge is -1.76. The van der Waals surface area contributed by atoms with Crippen LogP contribution in [0.1, 0.15) is 0 Å². The van der Waals surface area contributed by atoms with E-state index in [1.807, 2.05) is 24.3 Å². The number of rotatable bonds is 0. The van der Waals surface area contributed by atoms with Crippen molar-refractivity contribution in [3.8, 4) is 0 Å². The summed E-state index contributed by atoms with van der Waals surface area (Å²) in [6.07, 6.45) is 0. The molecule has 2 rings (SSSR count). The fourth-order valence-corrected chi connectivity index (χ4v) is 0.725. The molecular formula is C6H6F2N2O. The minimum Gasteiger partial charge on any atom is -0.337 e. The van der Waals surface area contributed by atoms with Gasteiger partial charge in [0.2, 0.25) is 0 Å². The molecule has 0 aliphatic rings. The molecule has 0 bridgehead atoms. The molecule has 0 N–H and O–H groups in total. The summed E-state index contributed by atoms with van der Waals surface area (Å²) < 4.78 is 4.76. The molecule has 0 aliphatic heterocycles. The zero-order chi connectivity index (χ0) is 6.10. The molecule has 0 amide bonds. The van der Waals surface area contributed by atoms with Gasteiger partial charge in [-0.25, -0.2) is 0 Å². The summed E-state index contributed by atoms with van der Waals surface area (Å²) in [6, 6.07) is 7.46. The Balaban J connectivity index is 0.000000500. The quantitative estimate of drug-likeness (QED) is 0.586. The van der Waals surface area contributed by atoms with Crippen molar-refractivity contribution in [3.63, 3.8) is 0 Å². The maximum Gasteiger partial charge on any atom is 0.187 e. The fraction of sp³-hybridized carbons (Fsp3) is 0. The van der Waals surface area contributed by atoms with Gasteiger partial charge in [0, 0.05) is 5.27 Å². The van der Waals surface area contributed by atoms with Crippen molar-refractivity contribution in [2.45, 2.75) is 0 Å². The minimum absolute atomic E-state index is 0. The second-order valence-corrected chi connectivity index (χ2v) is 1.74. The van der Waals surface area contributed by atoms with E-state index in [2.05, 4.69) is 10.4 Å². The molecule has 0 saturated carbocycles. The molecule has 0 radical (unpaired) electrons. The maximum atomic E-state index is 4.76. The average molecular weight is 160 g/mol. The van der Waals surface area contributed by atoms with Gasteiger partial charge in [0.05, 0.1) is 0 Å². The van der Waals surface area contributed by atoms with Gasteiger partial charge in [-0.05, 0) is 12.1 Å². The molecule has 0 aliphatic carbocycles. The summed E-state index contributed by atoms with van der Waals surface area (Å²) in [6.45, 7) is 0. The smallest absolute Gasteiger partial charge is 0.187 e. The Morgan fingerprint density at radius 1 is 1.09 bits per heavy atom. The van der Waals surface area contributed by atoms with E-state index >= 15 is 0 Å². The highest BCUT2D eigenvalue weighted by atomic mass is 19.0. The van der Waals surface area contributed by atoms with Gasteiger partial charge in [0.1, 0.15) is 5.52 Å². The summed E-state index contributed by atoms with van der Waals surface area (Å²) >= 11 is 0. The first-order valence-electron chi connectivity index (χ1n) is 2.64. The van der Waals surface area contributed by atoms with Crippen LogP contribution in [0.2, 0.25) is 0 Å². The second kappa shape index (κ2) is 3.60. The molecule has 0 saturated heterocycles. The van der Waals surface area contributed by atoms with E-state index < -0.39 is 0 Å². The zero-order valence-corrected chi connectivity index (χ0v) is 5.43. The predicted molar refractivity (Wildman–Crippen MR) is 36.8 cm³/mol. The summed E-state index contributed by atoms with van der Waals surface area (Å²) in [7, 11) is 0. The van der Waals surface area contributed by atoms with Crippen LogP contribution in [0.15, 0.2) is 28.8 Å². The van der Waals surface area contributed by atoms with Crippen LogP contribution in [0.4, 0.5) is 9.41 Å². The molecular weight excluding hydrogens is 154 g/mol. The number of fused-ring (bicyclic) bond motifs is 1. The van der Waals surface area contributed by atoms with Gasteiger partial charge in [-0.15, -0.1) is 5.10 Å². The standard InChI is InChI=1S/C6H4N2O.2FH/c1-2-4-6-5(3-1)7-8-9-6;;/h1-4H;2*1H. The van der Waals surface area contributed by atoms with Crippen molar-refractivity contribution in [2.75, 3.05) is 0 Å². The molecule has 1 aromatic carbocycles. The van der Waals surface area contributed by atoms with Crippen LogP contribution >= 0.6 is 0 Å². The number of benzene rings is 1. The third-order valence-corrected chi connectivity index (χ3v) is 1.15. The van der Waals surface area contributed by atoms with Crippen molar-refractivity contribution in [1.82, 2.24) is 10.4 Å². The van der Waals surface area contributed by atoms with Crippen molar-refractivity contribution in [3.05, 3.63) is 24.3 Å². The van der Waals surface area contributed by atoms with Crippen LogP contribution in [0.25, 0.3) is 11.1 Å². The van der Waals surface area contributed by atoms with Crippen LogP contribution in [-0.4, -0.2) is 10.4 Å². The minimum atomic E-state index is 0. The van der Waals surface area contributed by atoms with Gasteiger partial charge in [-0.3, -0.25) is 9.41 Å². The van der Waals surface area contributed by atoms with Crippen LogP contribution in [0.3, 0.4) is 0 Å². The van der Waals surface area contributed by atoms with Gasteiger partial charge in [0.15, 0.2) is 5.58 Å². The number of para-hydroxylation sites is 1. The van der Waals surface area contributed by atoms with Crippen LogP contribution in [-0.2, 0) is 0 Å². The summed E-state index contributed by atoms with van der Waals surface area (Å²) in [5, 5.41) is 7.08. The van der Waals surface area contributed by atoms with Gasteiger partial charge in [-0.2, -0.15) is 0 Å². The first-order chi connectivity index (χ1) is 4.47. The van der Waals surface area contributed by atoms with Crippen LogP contribution in [0.5, 0.6) is 0 Å². The Morgan fingerprint density at radius 2 is 1.82 bits per heavy atom. The molecule has 0 atom stereocenters. The zero-order valence-electron chi connectivity index (χ0n) is 5.43. The van der Waals surface area contributed by atoms with E-state index in [4.69, 9.17) is 4.52 Å². The molecule has 1 aromatic heterocycles. The molecule has 5 heteroatoms.